The minimum absolute atomic E-state index is 0.258. The van der Waals surface area contributed by atoms with Crippen LogP contribution in [0.1, 0.15) is 42.1 Å². The molecular formula is C28H30BrCl3N4O. The van der Waals surface area contributed by atoms with E-state index in [0.717, 1.165) is 48.4 Å². The SMILES string of the molecule is CC(CCNC(=O)c1c(Cl)cncc1Cl)N1CCC(N(Cc2cccc(Cl)c2)c2ccc(Br)cc2)CC1. The summed E-state index contributed by atoms with van der Waals surface area (Å²) >= 11 is 22.0. The van der Waals surface area contributed by atoms with Crippen LogP contribution in [-0.2, 0) is 6.54 Å². The maximum Gasteiger partial charge on any atom is 0.254 e. The Morgan fingerprint density at radius 2 is 1.78 bits per heavy atom. The standard InChI is InChI=1S/C28H30BrCl3N4O/c1-19(9-12-34-28(37)27-25(31)16-33-17-26(27)32)35-13-10-24(11-14-35)36(23-7-5-21(29)6-8-23)18-20-3-2-4-22(30)15-20/h2-8,15-17,19,24H,9-14,18H2,1H3,(H,34,37). The van der Waals surface area contributed by atoms with Crippen LogP contribution in [0.15, 0.2) is 65.4 Å². The van der Waals surface area contributed by atoms with Crippen molar-refractivity contribution in [1.82, 2.24) is 15.2 Å². The fourth-order valence-electron chi connectivity index (χ4n) is 4.83. The molecule has 2 aromatic carbocycles. The highest BCUT2D eigenvalue weighted by molar-refractivity contribution is 9.10. The van der Waals surface area contributed by atoms with E-state index < -0.39 is 0 Å². The van der Waals surface area contributed by atoms with Gasteiger partial charge >= 0.3 is 0 Å². The molecule has 1 atom stereocenters. The topological polar surface area (TPSA) is 48.5 Å². The van der Waals surface area contributed by atoms with Crippen LogP contribution in [0.25, 0.3) is 0 Å². The number of hydrogen-bond donors (Lipinski definition) is 1. The molecule has 1 fully saturated rings. The molecule has 1 aromatic heterocycles. The smallest absolute Gasteiger partial charge is 0.254 e. The number of aromatic nitrogens is 1. The van der Waals surface area contributed by atoms with Gasteiger partial charge in [-0.1, -0.05) is 62.9 Å². The first kappa shape index (κ1) is 28.2. The van der Waals surface area contributed by atoms with Crippen LogP contribution in [0.2, 0.25) is 15.1 Å². The van der Waals surface area contributed by atoms with Gasteiger partial charge in [-0.2, -0.15) is 0 Å². The molecule has 0 saturated carbocycles. The molecule has 0 radical (unpaired) electrons. The highest BCUT2D eigenvalue weighted by Crippen LogP contribution is 2.29. The Hall–Kier alpha value is -1.83. The van der Waals surface area contributed by atoms with E-state index in [1.54, 1.807) is 0 Å². The second kappa shape index (κ2) is 13.3. The zero-order valence-corrected chi connectivity index (χ0v) is 24.5. The van der Waals surface area contributed by atoms with Gasteiger partial charge in [-0.25, -0.2) is 0 Å². The molecule has 3 aromatic rings. The van der Waals surface area contributed by atoms with Gasteiger partial charge in [0, 0.05) is 65.8 Å². The highest BCUT2D eigenvalue weighted by Gasteiger charge is 2.27. The van der Waals surface area contributed by atoms with Crippen molar-refractivity contribution in [3.63, 3.8) is 0 Å². The molecule has 1 aliphatic rings. The van der Waals surface area contributed by atoms with E-state index in [1.165, 1.54) is 23.6 Å². The Morgan fingerprint density at radius 1 is 1.11 bits per heavy atom. The van der Waals surface area contributed by atoms with Crippen molar-refractivity contribution < 1.29 is 4.79 Å². The molecule has 37 heavy (non-hydrogen) atoms. The van der Waals surface area contributed by atoms with Gasteiger partial charge in [0.15, 0.2) is 0 Å². The number of rotatable bonds is 9. The van der Waals surface area contributed by atoms with Crippen LogP contribution in [-0.4, -0.2) is 47.5 Å². The number of pyridine rings is 1. The van der Waals surface area contributed by atoms with Crippen LogP contribution < -0.4 is 10.2 Å². The number of carbonyl (C=O) groups excluding carboxylic acids is 1. The van der Waals surface area contributed by atoms with Gasteiger partial charge in [0.05, 0.1) is 15.6 Å². The number of halogens is 4. The first-order valence-electron chi connectivity index (χ1n) is 12.4. The van der Waals surface area contributed by atoms with Crippen LogP contribution in [0.5, 0.6) is 0 Å². The Kier molecular flexibility index (Phi) is 10.1. The van der Waals surface area contributed by atoms with Crippen LogP contribution in [0.4, 0.5) is 5.69 Å². The molecule has 1 amide bonds. The highest BCUT2D eigenvalue weighted by atomic mass is 79.9. The monoisotopic (exact) mass is 622 g/mol. The van der Waals surface area contributed by atoms with Gasteiger partial charge < -0.3 is 15.1 Å². The van der Waals surface area contributed by atoms with Crippen molar-refractivity contribution in [3.05, 3.63) is 91.6 Å². The molecule has 1 saturated heterocycles. The molecule has 1 aliphatic heterocycles. The lowest BCUT2D eigenvalue weighted by Crippen LogP contribution is -2.48. The van der Waals surface area contributed by atoms with E-state index in [4.69, 9.17) is 34.8 Å². The Bertz CT molecular complexity index is 1180. The van der Waals surface area contributed by atoms with Crippen molar-refractivity contribution in [3.8, 4) is 0 Å². The van der Waals surface area contributed by atoms with E-state index in [9.17, 15) is 4.79 Å². The number of benzene rings is 2. The average Bonchev–Trinajstić information content (AvgIpc) is 2.88. The number of likely N-dealkylation sites (tertiary alicyclic amines) is 1. The summed E-state index contributed by atoms with van der Waals surface area (Å²) in [4.78, 5) is 21.5. The van der Waals surface area contributed by atoms with Gasteiger partial charge in [-0.15, -0.1) is 0 Å². The maximum atomic E-state index is 12.6. The van der Waals surface area contributed by atoms with Crippen molar-refractivity contribution in [2.75, 3.05) is 24.5 Å². The normalized spacial score (nSPS) is 15.4. The number of nitrogens with one attached hydrogen (secondary N) is 1. The minimum atomic E-state index is -0.269. The fraction of sp³-hybridized carbons (Fsp3) is 0.357. The molecule has 0 bridgehead atoms. The maximum absolute atomic E-state index is 12.6. The number of carbonyl (C=O) groups is 1. The van der Waals surface area contributed by atoms with E-state index in [0.29, 0.717) is 18.6 Å². The molecule has 0 aliphatic carbocycles. The zero-order chi connectivity index (χ0) is 26.4. The zero-order valence-electron chi connectivity index (χ0n) is 20.6. The summed E-state index contributed by atoms with van der Waals surface area (Å²) in [7, 11) is 0. The predicted molar refractivity (Wildman–Crippen MR) is 157 cm³/mol. The Labute approximate surface area is 242 Å². The van der Waals surface area contributed by atoms with Crippen molar-refractivity contribution in [1.29, 1.82) is 0 Å². The van der Waals surface area contributed by atoms with Crippen molar-refractivity contribution in [2.24, 2.45) is 0 Å². The quantitative estimate of drug-likeness (QED) is 0.268. The minimum Gasteiger partial charge on any atom is -0.364 e. The number of hydrogen-bond acceptors (Lipinski definition) is 4. The molecule has 5 nitrogen and oxygen atoms in total. The van der Waals surface area contributed by atoms with E-state index in [2.05, 4.69) is 73.3 Å². The summed E-state index contributed by atoms with van der Waals surface area (Å²) in [5.74, 6) is -0.269. The lowest BCUT2D eigenvalue weighted by molar-refractivity contribution is 0.0945. The number of anilines is 1. The summed E-state index contributed by atoms with van der Waals surface area (Å²) in [6.45, 7) is 5.59. The third kappa shape index (κ3) is 7.61. The average molecular weight is 625 g/mol. The largest absolute Gasteiger partial charge is 0.364 e. The summed E-state index contributed by atoms with van der Waals surface area (Å²) in [6, 6.07) is 17.4. The van der Waals surface area contributed by atoms with Crippen LogP contribution in [0, 0.1) is 0 Å². The number of nitrogens with zero attached hydrogens (tertiary/aromatic N) is 3. The van der Waals surface area contributed by atoms with Crippen molar-refractivity contribution in [2.45, 2.75) is 44.8 Å². The molecule has 196 valence electrons. The molecule has 9 heteroatoms. The first-order chi connectivity index (χ1) is 17.8. The van der Waals surface area contributed by atoms with Gasteiger partial charge in [0.25, 0.3) is 5.91 Å². The lowest BCUT2D eigenvalue weighted by atomic mass is 9.99. The number of amides is 1. The van der Waals surface area contributed by atoms with Crippen LogP contribution in [0.3, 0.4) is 0 Å². The lowest BCUT2D eigenvalue weighted by Gasteiger charge is -2.42. The second-order valence-electron chi connectivity index (χ2n) is 9.37. The Morgan fingerprint density at radius 3 is 2.43 bits per heavy atom. The first-order valence-corrected chi connectivity index (χ1v) is 14.3. The molecule has 4 rings (SSSR count). The summed E-state index contributed by atoms with van der Waals surface area (Å²) < 4.78 is 1.07. The Balaban J connectivity index is 1.33. The number of piperidine rings is 1. The van der Waals surface area contributed by atoms with Gasteiger partial charge in [0.1, 0.15) is 0 Å². The molecule has 2 heterocycles. The fourth-order valence-corrected chi connectivity index (χ4v) is 5.84. The predicted octanol–water partition coefficient (Wildman–Crippen LogP) is 7.48. The molecular weight excluding hydrogens is 595 g/mol. The van der Waals surface area contributed by atoms with E-state index >= 15 is 0 Å². The molecule has 1 N–H and O–H groups in total. The van der Waals surface area contributed by atoms with Gasteiger partial charge in [0.2, 0.25) is 0 Å². The van der Waals surface area contributed by atoms with Gasteiger partial charge in [-0.05, 0) is 68.1 Å². The van der Waals surface area contributed by atoms with Crippen LogP contribution >= 0.6 is 50.7 Å². The second-order valence-corrected chi connectivity index (χ2v) is 11.5. The van der Waals surface area contributed by atoms with E-state index in [1.807, 2.05) is 18.2 Å². The van der Waals surface area contributed by atoms with E-state index in [-0.39, 0.29) is 21.5 Å². The third-order valence-corrected chi connectivity index (χ3v) is 8.23. The van der Waals surface area contributed by atoms with Crippen molar-refractivity contribution >= 4 is 62.3 Å². The summed E-state index contributed by atoms with van der Waals surface area (Å²) in [5.41, 5.74) is 2.70. The third-order valence-electron chi connectivity index (χ3n) is 6.89. The van der Waals surface area contributed by atoms with Gasteiger partial charge in [-0.3, -0.25) is 9.78 Å². The molecule has 1 unspecified atom stereocenters. The summed E-state index contributed by atoms with van der Waals surface area (Å²) in [6.07, 6.45) is 5.83. The summed E-state index contributed by atoms with van der Waals surface area (Å²) in [5, 5.41) is 4.23. The molecule has 0 spiro atoms.